The number of anilines is 18. The molecule has 7 heteroatoms. The summed E-state index contributed by atoms with van der Waals surface area (Å²) < 4.78 is 93.6. The molecule has 0 amide bonds. The van der Waals surface area contributed by atoms with Crippen LogP contribution in [-0.4, -0.2) is 0 Å². The Morgan fingerprint density at radius 1 is 0.187 bits per heavy atom. The van der Waals surface area contributed by atoms with E-state index < -0.39 is 16.9 Å². The van der Waals surface area contributed by atoms with Crippen LogP contribution in [0.1, 0.15) is 87.3 Å². The quantitative estimate of drug-likeness (QED) is 0.0892. The molecule has 0 N–H and O–H groups in total. The first kappa shape index (κ1) is 82.6. The van der Waals surface area contributed by atoms with Gasteiger partial charge in [0.1, 0.15) is 5.82 Å². The summed E-state index contributed by atoms with van der Waals surface area (Å²) in [6, 6.07) is 171. The predicted molar refractivity (Wildman–Crippen MR) is 633 cm³/mol. The van der Waals surface area contributed by atoms with Gasteiger partial charge in [-0.25, -0.2) is 4.39 Å². The van der Waals surface area contributed by atoms with Crippen LogP contribution in [0.3, 0.4) is 0 Å². The van der Waals surface area contributed by atoms with E-state index >= 15 is 0 Å². The lowest BCUT2D eigenvalue weighted by molar-refractivity contribution is 0.597. The van der Waals surface area contributed by atoms with Crippen molar-refractivity contribution < 1.29 is 16.7 Å². The minimum Gasteiger partial charge on any atom is -0.311 e. The minimum atomic E-state index is -0.703. The molecule has 0 bridgehead atoms. The summed E-state index contributed by atoms with van der Waals surface area (Å²) in [6.07, 6.45) is 0. The maximum Gasteiger partial charge on any atom is 0.123 e. The Morgan fingerprint density at radius 3 is 0.973 bits per heavy atom. The molecule has 150 heavy (non-hydrogen) atoms. The second-order valence-electron chi connectivity index (χ2n) is 40.3. The van der Waals surface area contributed by atoms with Gasteiger partial charge in [-0.3, -0.25) is 0 Å². The molecule has 0 aliphatic carbocycles. The topological polar surface area (TPSA) is 19.4 Å². The standard InChI is InChI=1S/C57H42N2.C47H36N2.C39H31FN2/c1-57(2)52-37-43(39-14-5-3-6-15-39)28-34-55(52)59(46-19-7-4-8-20-46)56-35-29-44(38-53(56)57)40-26-30-47(31-27-40)58(54-23-13-18-41-16-10-12-22-51(41)54)48-32-33-50-45(36-48)25-24-42-17-9-11-21-49(42)50;1-47(2)43-18-10-11-19-45(43)49(39-16-4-3-5-17-39)46-29-24-38(32-44(46)47)35-20-25-40(26-21-35)48(41-27-22-33-12-6-8-14-36(33)30-41)42-28-23-34-13-7-9-15-37(34)31-42;1-39(2)35-26-29(20-24-37(35)42(33-16-10-5-11-17-33)38-25-21-30(40)27-36(38)39)28-18-22-34(23-19-28)41(31-12-6-3-7-13-31)32-14-8-4-9-15-32/h3-38H,1-2H3;3-32H,1-2H3;3-27H,1-2H3/i4D,7D,8D,19D,20D;10D,11D,18D,19D;. The monoisotopic (exact) mass is 1940 g/mol. The molecule has 0 fully saturated rings. The van der Waals surface area contributed by atoms with Crippen molar-refractivity contribution in [1.82, 2.24) is 0 Å². The predicted octanol–water partition coefficient (Wildman–Crippen LogP) is 40.4. The first-order chi connectivity index (χ1) is 77.3. The zero-order chi connectivity index (χ0) is 109. The largest absolute Gasteiger partial charge is 0.311 e. The van der Waals surface area contributed by atoms with Gasteiger partial charge >= 0.3 is 0 Å². The molecule has 0 spiro atoms. The average Bonchev–Trinajstić information content (AvgIpc) is 0.807. The Morgan fingerprint density at radius 2 is 0.487 bits per heavy atom. The molecule has 0 atom stereocenters. The molecule has 3 heterocycles. The van der Waals surface area contributed by atoms with E-state index in [4.69, 9.17) is 12.3 Å². The van der Waals surface area contributed by atoms with Crippen molar-refractivity contribution in [2.45, 2.75) is 57.8 Å². The van der Waals surface area contributed by atoms with Gasteiger partial charge in [0, 0.05) is 84.2 Å². The van der Waals surface area contributed by atoms with Gasteiger partial charge in [0.2, 0.25) is 0 Å². The van der Waals surface area contributed by atoms with Crippen molar-refractivity contribution in [1.29, 1.82) is 0 Å². The molecular formula is C143H109FN6. The zero-order valence-corrected chi connectivity index (χ0v) is 83.9. The number of hydrogen-bond acceptors (Lipinski definition) is 6. The second kappa shape index (κ2) is 38.7. The third-order valence-corrected chi connectivity index (χ3v) is 30.3. The van der Waals surface area contributed by atoms with Crippen LogP contribution < -0.4 is 29.4 Å². The molecule has 0 saturated heterocycles. The van der Waals surface area contributed by atoms with E-state index in [9.17, 15) is 4.39 Å². The van der Waals surface area contributed by atoms with Crippen LogP contribution in [0, 0.1) is 5.82 Å². The van der Waals surface area contributed by atoms with Gasteiger partial charge in [0.05, 0.1) is 52.1 Å². The minimum absolute atomic E-state index is 0.00481. The van der Waals surface area contributed by atoms with E-state index in [1.165, 1.54) is 54.0 Å². The van der Waals surface area contributed by atoms with Gasteiger partial charge in [-0.2, -0.15) is 0 Å². The Labute approximate surface area is 890 Å². The highest BCUT2D eigenvalue weighted by atomic mass is 19.1. The third kappa shape index (κ3) is 17.1. The highest BCUT2D eigenvalue weighted by Gasteiger charge is 2.42. The highest BCUT2D eigenvalue weighted by Crippen LogP contribution is 2.58. The van der Waals surface area contributed by atoms with Crippen molar-refractivity contribution in [2.24, 2.45) is 0 Å². The molecular weight excluding hydrogens is 1820 g/mol. The fraction of sp³-hybridized carbons (Fsp3) is 0.0629. The zero-order valence-electron chi connectivity index (χ0n) is 92.9. The number of benzene rings is 24. The maximum atomic E-state index is 14.6. The van der Waals surface area contributed by atoms with E-state index in [1.807, 2.05) is 107 Å². The lowest BCUT2D eigenvalue weighted by Crippen LogP contribution is -2.30. The smallest absolute Gasteiger partial charge is 0.123 e. The fourth-order valence-electron chi connectivity index (χ4n) is 22.6. The first-order valence-electron chi connectivity index (χ1n) is 55.6. The number of rotatable bonds is 16. The molecule has 718 valence electrons. The van der Waals surface area contributed by atoms with Crippen molar-refractivity contribution in [3.8, 4) is 44.5 Å². The number of hydrogen-bond donors (Lipinski definition) is 0. The summed E-state index contributed by atoms with van der Waals surface area (Å²) in [4.78, 5) is 13.0. The molecule has 27 rings (SSSR count). The normalized spacial score (nSPS) is 14.0. The number of halogens is 1. The van der Waals surface area contributed by atoms with E-state index in [0.29, 0.717) is 11.3 Å². The summed E-state index contributed by atoms with van der Waals surface area (Å²) in [6.45, 7) is 12.9. The molecule has 3 aliphatic heterocycles. The molecule has 3 aliphatic rings. The van der Waals surface area contributed by atoms with Gasteiger partial charge < -0.3 is 29.4 Å². The van der Waals surface area contributed by atoms with Crippen LogP contribution in [0.25, 0.3) is 98.4 Å². The Hall–Kier alpha value is -18.7. The van der Waals surface area contributed by atoms with Crippen LogP contribution in [0.15, 0.2) is 552 Å². The Kier molecular flexibility index (Phi) is 21.3. The lowest BCUT2D eigenvalue weighted by atomic mass is 9.72. The maximum absolute atomic E-state index is 14.6. The van der Waals surface area contributed by atoms with Crippen molar-refractivity contribution in [3.63, 3.8) is 0 Å². The molecule has 0 radical (unpaired) electrons. The molecule has 0 unspecified atom stereocenters. The van der Waals surface area contributed by atoms with E-state index in [1.54, 1.807) is 12.1 Å². The fourth-order valence-corrected chi connectivity index (χ4v) is 22.6. The van der Waals surface area contributed by atoms with Gasteiger partial charge in [-0.1, -0.05) is 381 Å². The molecule has 6 nitrogen and oxygen atoms in total. The Bertz CT molecular complexity index is 9640. The average molecular weight is 1940 g/mol. The first-order valence-corrected chi connectivity index (χ1v) is 51.1. The van der Waals surface area contributed by atoms with Crippen molar-refractivity contribution in [2.75, 3.05) is 29.4 Å². The third-order valence-electron chi connectivity index (χ3n) is 30.3. The summed E-state index contributed by atoms with van der Waals surface area (Å²) in [5.41, 5.74) is 29.4. The Balaban J connectivity index is 0.000000124. The summed E-state index contributed by atoms with van der Waals surface area (Å²) in [5.74, 6) is -0.216. The van der Waals surface area contributed by atoms with Gasteiger partial charge in [0.15, 0.2) is 0 Å². The van der Waals surface area contributed by atoms with Crippen LogP contribution in [0.5, 0.6) is 0 Å². The summed E-state index contributed by atoms with van der Waals surface area (Å²) >= 11 is 0. The van der Waals surface area contributed by atoms with Crippen molar-refractivity contribution >= 4 is 156 Å². The van der Waals surface area contributed by atoms with Gasteiger partial charge in [0.25, 0.3) is 0 Å². The number of fused-ring (bicyclic) bond motifs is 12. The van der Waals surface area contributed by atoms with Crippen LogP contribution >= 0.6 is 0 Å². The molecule has 24 aromatic carbocycles. The molecule has 0 aromatic heterocycles. The second-order valence-corrected chi connectivity index (χ2v) is 40.3. The molecule has 24 aromatic rings. The van der Waals surface area contributed by atoms with E-state index in [2.05, 4.69) is 449 Å². The van der Waals surface area contributed by atoms with Crippen LogP contribution in [0.4, 0.5) is 107 Å². The number of para-hydroxylation sites is 6. The van der Waals surface area contributed by atoms with E-state index in [0.717, 1.165) is 163 Å². The van der Waals surface area contributed by atoms with Crippen LogP contribution in [-0.2, 0) is 16.2 Å². The molecule has 0 saturated carbocycles. The lowest BCUT2D eigenvalue weighted by Gasteiger charge is -2.42. The summed E-state index contributed by atoms with van der Waals surface area (Å²) in [5, 5.41) is 11.9. The van der Waals surface area contributed by atoms with Gasteiger partial charge in [-0.05, 0) is 339 Å². The van der Waals surface area contributed by atoms with E-state index in [-0.39, 0.29) is 65.3 Å². The van der Waals surface area contributed by atoms with Crippen LogP contribution in [0.2, 0.25) is 0 Å². The summed E-state index contributed by atoms with van der Waals surface area (Å²) in [7, 11) is 0. The SMILES string of the molecule is CC1(C)c2cc(F)ccc2N(c2ccccc2)c2ccc(-c3ccc(N(c4ccccc4)c4ccccc4)cc3)cc21.[2H]c1c([2H])c([2H])c(N2c3ccc(-c4ccccc4)cc3C(C)(C)c3cc(-c4ccc(N(c5ccc6c(ccc7ccccc76)c5)c5cccc6ccccc56)cc4)ccc32)c([2H])c1[2H].[2H]c1c([2H])c([2H])c2c(c1[2H])N(c1ccccc1)c1ccc(-c3ccc(N(c4ccc5ccccc5c4)c4ccc5ccccc5c4)cc3)cc1C2(C)C. The van der Waals surface area contributed by atoms with Gasteiger partial charge in [-0.15, -0.1) is 0 Å². The highest BCUT2D eigenvalue weighted by molar-refractivity contribution is 6.10. The van der Waals surface area contributed by atoms with Crippen molar-refractivity contribution in [3.05, 3.63) is 591 Å². The number of nitrogens with zero attached hydrogens (tertiary/aromatic N) is 6.